The Balaban J connectivity index is 2.33. The molecule has 0 amide bonds. The summed E-state index contributed by atoms with van der Waals surface area (Å²) in [5.41, 5.74) is 7.34. The molecule has 5 nitrogen and oxygen atoms in total. The van der Waals surface area contributed by atoms with Crippen molar-refractivity contribution in [3.8, 4) is 0 Å². The van der Waals surface area contributed by atoms with Gasteiger partial charge in [0.1, 0.15) is 0 Å². The Labute approximate surface area is 116 Å². The second-order valence-corrected chi connectivity index (χ2v) is 6.73. The average Bonchev–Trinajstić information content (AvgIpc) is 2.81. The lowest BCUT2D eigenvalue weighted by molar-refractivity contribution is 0.597. The van der Waals surface area contributed by atoms with E-state index in [0.717, 1.165) is 4.88 Å². The molecule has 0 bridgehead atoms. The molecule has 0 unspecified atom stereocenters. The zero-order valence-corrected chi connectivity index (χ0v) is 12.0. The van der Waals surface area contributed by atoms with Crippen LogP contribution in [0.1, 0.15) is 10.4 Å². The van der Waals surface area contributed by atoms with Gasteiger partial charge in [-0.25, -0.2) is 13.6 Å². The van der Waals surface area contributed by atoms with Gasteiger partial charge in [-0.2, -0.15) is 0 Å². The number of anilines is 2. The van der Waals surface area contributed by atoms with Crippen LogP contribution in [0.15, 0.2) is 34.5 Å². The van der Waals surface area contributed by atoms with Gasteiger partial charge in [-0.15, -0.1) is 11.3 Å². The van der Waals surface area contributed by atoms with Gasteiger partial charge in [0.05, 0.1) is 4.90 Å². The van der Waals surface area contributed by atoms with Gasteiger partial charge in [0.25, 0.3) is 0 Å². The maximum atomic E-state index is 11.5. The van der Waals surface area contributed by atoms with Gasteiger partial charge in [-0.05, 0) is 36.1 Å². The van der Waals surface area contributed by atoms with Crippen LogP contribution in [0.5, 0.6) is 0 Å². The highest BCUT2D eigenvalue weighted by molar-refractivity contribution is 7.89. The number of nitrogens with two attached hydrogens (primary N) is 2. The van der Waals surface area contributed by atoms with E-state index in [0.29, 0.717) is 23.5 Å². The molecule has 19 heavy (non-hydrogen) atoms. The smallest absolute Gasteiger partial charge is 0.238 e. The number of nitrogen functional groups attached to an aromatic ring is 1. The van der Waals surface area contributed by atoms with Crippen molar-refractivity contribution in [2.75, 3.05) is 11.1 Å². The largest absolute Gasteiger partial charge is 0.399 e. The summed E-state index contributed by atoms with van der Waals surface area (Å²) >= 11 is 1.63. The molecule has 0 spiro atoms. The fourth-order valence-corrected chi connectivity index (χ4v) is 3.27. The summed E-state index contributed by atoms with van der Waals surface area (Å²) in [6.45, 7) is 2.32. The van der Waals surface area contributed by atoms with Crippen molar-refractivity contribution < 1.29 is 8.42 Å². The molecule has 0 saturated carbocycles. The Kier molecular flexibility index (Phi) is 3.79. The fraction of sp³-hybridized carbons (Fsp3) is 0.167. The third-order valence-electron chi connectivity index (χ3n) is 2.72. The first kappa shape index (κ1) is 13.9. The van der Waals surface area contributed by atoms with Crippen molar-refractivity contribution in [3.05, 3.63) is 40.1 Å². The normalized spacial score (nSPS) is 11.5. The minimum atomic E-state index is -3.77. The van der Waals surface area contributed by atoms with Crippen molar-refractivity contribution in [1.29, 1.82) is 0 Å². The standard InChI is InChI=1S/C12H15N3O2S2/c1-8-11(15-7-10-3-2-4-18-10)5-9(13)6-12(8)19(14,16)17/h2-6,15H,7,13H2,1H3,(H2,14,16,17). The van der Waals surface area contributed by atoms with Crippen molar-refractivity contribution in [2.24, 2.45) is 5.14 Å². The monoisotopic (exact) mass is 297 g/mol. The molecule has 1 aromatic heterocycles. The van der Waals surface area contributed by atoms with Gasteiger partial charge in [-0.1, -0.05) is 6.07 Å². The second kappa shape index (κ2) is 5.20. The summed E-state index contributed by atoms with van der Waals surface area (Å²) in [6.07, 6.45) is 0. The predicted molar refractivity (Wildman–Crippen MR) is 78.6 cm³/mol. The first-order chi connectivity index (χ1) is 8.88. The van der Waals surface area contributed by atoms with Crippen molar-refractivity contribution in [1.82, 2.24) is 0 Å². The Bertz CT molecular complexity index is 679. The maximum absolute atomic E-state index is 11.5. The molecule has 0 aliphatic rings. The minimum absolute atomic E-state index is 0.0566. The zero-order valence-electron chi connectivity index (χ0n) is 10.4. The highest BCUT2D eigenvalue weighted by atomic mass is 32.2. The molecule has 0 aliphatic carbocycles. The van der Waals surface area contributed by atoms with Crippen LogP contribution in [-0.4, -0.2) is 8.42 Å². The number of rotatable bonds is 4. The van der Waals surface area contributed by atoms with Crippen molar-refractivity contribution >= 4 is 32.7 Å². The molecule has 7 heteroatoms. The van der Waals surface area contributed by atoms with Gasteiger partial charge in [0.15, 0.2) is 0 Å². The first-order valence-electron chi connectivity index (χ1n) is 5.57. The van der Waals surface area contributed by atoms with Crippen LogP contribution in [0.4, 0.5) is 11.4 Å². The van der Waals surface area contributed by atoms with Gasteiger partial charge in [0.2, 0.25) is 10.0 Å². The molecule has 1 heterocycles. The third kappa shape index (κ3) is 3.25. The quantitative estimate of drug-likeness (QED) is 0.751. The van der Waals surface area contributed by atoms with Gasteiger partial charge in [-0.3, -0.25) is 0 Å². The van der Waals surface area contributed by atoms with Crippen LogP contribution >= 0.6 is 11.3 Å². The van der Waals surface area contributed by atoms with Crippen LogP contribution in [0, 0.1) is 6.92 Å². The minimum Gasteiger partial charge on any atom is -0.399 e. The van der Waals surface area contributed by atoms with E-state index in [1.807, 2.05) is 17.5 Å². The highest BCUT2D eigenvalue weighted by Crippen LogP contribution is 2.26. The van der Waals surface area contributed by atoms with Crippen molar-refractivity contribution in [3.63, 3.8) is 0 Å². The molecule has 0 saturated heterocycles. The van der Waals surface area contributed by atoms with E-state index in [-0.39, 0.29) is 4.90 Å². The lowest BCUT2D eigenvalue weighted by Crippen LogP contribution is -2.15. The van der Waals surface area contributed by atoms with Crippen molar-refractivity contribution in [2.45, 2.75) is 18.4 Å². The Morgan fingerprint density at radius 2 is 2.11 bits per heavy atom. The topological polar surface area (TPSA) is 98.2 Å². The predicted octanol–water partition coefficient (Wildman–Crippen LogP) is 1.90. The molecule has 0 aliphatic heterocycles. The van der Waals surface area contributed by atoms with Crippen LogP contribution in [0.25, 0.3) is 0 Å². The second-order valence-electron chi connectivity index (χ2n) is 4.17. The molecule has 0 atom stereocenters. The van der Waals surface area contributed by atoms with E-state index in [1.165, 1.54) is 6.07 Å². The Morgan fingerprint density at radius 1 is 1.37 bits per heavy atom. The summed E-state index contributed by atoms with van der Waals surface area (Å²) in [5.74, 6) is 0. The number of sulfonamides is 1. The first-order valence-corrected chi connectivity index (χ1v) is 7.99. The fourth-order valence-electron chi connectivity index (χ4n) is 1.78. The highest BCUT2D eigenvalue weighted by Gasteiger charge is 2.15. The lowest BCUT2D eigenvalue weighted by Gasteiger charge is -2.13. The number of benzene rings is 1. The molecule has 2 rings (SSSR count). The molecular formula is C12H15N3O2S2. The zero-order chi connectivity index (χ0) is 14.0. The van der Waals surface area contributed by atoms with Gasteiger partial charge < -0.3 is 11.1 Å². The number of hydrogen-bond donors (Lipinski definition) is 3. The number of thiophene rings is 1. The summed E-state index contributed by atoms with van der Waals surface area (Å²) in [7, 11) is -3.77. The Morgan fingerprint density at radius 3 is 2.68 bits per heavy atom. The third-order valence-corrected chi connectivity index (χ3v) is 4.64. The molecule has 0 fully saturated rings. The molecule has 102 valence electrons. The molecule has 0 radical (unpaired) electrons. The van der Waals surface area contributed by atoms with E-state index < -0.39 is 10.0 Å². The summed E-state index contributed by atoms with van der Waals surface area (Å²) in [6, 6.07) is 7.04. The van der Waals surface area contributed by atoms with Crippen LogP contribution < -0.4 is 16.2 Å². The maximum Gasteiger partial charge on any atom is 0.238 e. The SMILES string of the molecule is Cc1c(NCc2cccs2)cc(N)cc1S(N)(=O)=O. The van der Waals surface area contributed by atoms with Crippen LogP contribution in [0.3, 0.4) is 0 Å². The lowest BCUT2D eigenvalue weighted by atomic mass is 10.2. The number of nitrogens with one attached hydrogen (secondary N) is 1. The van der Waals surface area contributed by atoms with E-state index in [1.54, 1.807) is 24.3 Å². The van der Waals surface area contributed by atoms with E-state index in [9.17, 15) is 8.42 Å². The average molecular weight is 297 g/mol. The van der Waals surface area contributed by atoms with E-state index in [4.69, 9.17) is 10.9 Å². The molecule has 2 aromatic rings. The van der Waals surface area contributed by atoms with Gasteiger partial charge in [0, 0.05) is 22.8 Å². The van der Waals surface area contributed by atoms with E-state index >= 15 is 0 Å². The van der Waals surface area contributed by atoms with Gasteiger partial charge >= 0.3 is 0 Å². The number of hydrogen-bond acceptors (Lipinski definition) is 5. The summed E-state index contributed by atoms with van der Waals surface area (Å²) in [5, 5.41) is 10.3. The molecule has 5 N–H and O–H groups in total. The molecular weight excluding hydrogens is 282 g/mol. The Hall–Kier alpha value is -1.57. The van der Waals surface area contributed by atoms with Crippen LogP contribution in [-0.2, 0) is 16.6 Å². The number of primary sulfonamides is 1. The van der Waals surface area contributed by atoms with Crippen LogP contribution in [0.2, 0.25) is 0 Å². The summed E-state index contributed by atoms with van der Waals surface area (Å²) < 4.78 is 23.0. The molecule has 1 aromatic carbocycles. The summed E-state index contributed by atoms with van der Waals surface area (Å²) in [4.78, 5) is 1.21. The van der Waals surface area contributed by atoms with E-state index in [2.05, 4.69) is 5.32 Å².